The summed E-state index contributed by atoms with van der Waals surface area (Å²) in [6.45, 7) is 0. The van der Waals surface area contributed by atoms with E-state index in [1.165, 1.54) is 28.4 Å². The summed E-state index contributed by atoms with van der Waals surface area (Å²) in [5, 5.41) is 4.21. The van der Waals surface area contributed by atoms with E-state index in [-0.39, 0.29) is 0 Å². The van der Waals surface area contributed by atoms with Crippen LogP contribution in [0.15, 0.2) is 28.8 Å². The van der Waals surface area contributed by atoms with Gasteiger partial charge in [-0.15, -0.1) is 0 Å². The first-order valence-corrected chi connectivity index (χ1v) is 9.21. The molecule has 31 heavy (non-hydrogen) atoms. The van der Waals surface area contributed by atoms with Crippen molar-refractivity contribution in [2.24, 2.45) is 0 Å². The Balaban J connectivity index is 2.15. The molecular formula is C22H25NO8. The molecule has 0 aliphatic carbocycles. The molecule has 166 valence electrons. The highest BCUT2D eigenvalue weighted by molar-refractivity contribution is 5.79. The first-order valence-electron chi connectivity index (χ1n) is 9.21. The second kappa shape index (κ2) is 9.38. The molecule has 2 aromatic carbocycles. The van der Waals surface area contributed by atoms with Crippen molar-refractivity contribution < 1.29 is 37.7 Å². The molecule has 0 unspecified atom stereocenters. The van der Waals surface area contributed by atoms with Gasteiger partial charge in [0.05, 0.1) is 55.3 Å². The van der Waals surface area contributed by atoms with Gasteiger partial charge in [0, 0.05) is 11.6 Å². The van der Waals surface area contributed by atoms with E-state index in [4.69, 9.17) is 37.7 Å². The maximum absolute atomic E-state index is 5.61. The highest BCUT2D eigenvalue weighted by atomic mass is 16.5. The van der Waals surface area contributed by atoms with Crippen LogP contribution in [0.5, 0.6) is 40.2 Å². The molecule has 1 heterocycles. The van der Waals surface area contributed by atoms with Gasteiger partial charge in [-0.3, -0.25) is 0 Å². The van der Waals surface area contributed by atoms with Crippen molar-refractivity contribution in [2.75, 3.05) is 49.8 Å². The second-order valence-corrected chi connectivity index (χ2v) is 6.22. The van der Waals surface area contributed by atoms with E-state index in [0.29, 0.717) is 62.8 Å². The van der Waals surface area contributed by atoms with Crippen LogP contribution >= 0.6 is 0 Å². The van der Waals surface area contributed by atoms with E-state index in [1.54, 1.807) is 45.6 Å². The van der Waals surface area contributed by atoms with Crippen LogP contribution in [0.4, 0.5) is 0 Å². The Kier molecular flexibility index (Phi) is 6.64. The number of rotatable bonds is 9. The molecule has 0 saturated carbocycles. The fraction of sp³-hybridized carbons (Fsp3) is 0.318. The number of hydrogen-bond acceptors (Lipinski definition) is 9. The summed E-state index contributed by atoms with van der Waals surface area (Å²) >= 11 is 0. The van der Waals surface area contributed by atoms with Gasteiger partial charge in [0.15, 0.2) is 28.8 Å². The van der Waals surface area contributed by atoms with Gasteiger partial charge in [-0.1, -0.05) is 5.16 Å². The Labute approximate surface area is 180 Å². The number of ether oxygens (including phenoxy) is 7. The summed E-state index contributed by atoms with van der Waals surface area (Å²) in [4.78, 5) is 0. The third kappa shape index (κ3) is 3.86. The SMILES string of the molecule is COc1cc(-c2cc(-c3cc(OC)c(OC)c(OC)c3OC)no2)cc(OC)c1OC. The minimum Gasteiger partial charge on any atom is -0.493 e. The molecule has 0 saturated heterocycles. The van der Waals surface area contributed by atoms with E-state index < -0.39 is 0 Å². The van der Waals surface area contributed by atoms with Gasteiger partial charge in [-0.05, 0) is 18.2 Å². The van der Waals surface area contributed by atoms with Crippen LogP contribution in [0.2, 0.25) is 0 Å². The maximum Gasteiger partial charge on any atom is 0.207 e. The minimum atomic E-state index is 0.386. The molecule has 1 aromatic heterocycles. The smallest absolute Gasteiger partial charge is 0.207 e. The summed E-state index contributed by atoms with van der Waals surface area (Å²) in [6.07, 6.45) is 0. The van der Waals surface area contributed by atoms with Gasteiger partial charge in [0.2, 0.25) is 17.2 Å². The van der Waals surface area contributed by atoms with Gasteiger partial charge in [0.1, 0.15) is 5.69 Å². The van der Waals surface area contributed by atoms with Gasteiger partial charge in [-0.2, -0.15) is 0 Å². The maximum atomic E-state index is 5.61. The summed E-state index contributed by atoms with van der Waals surface area (Å²) in [6, 6.07) is 7.07. The highest BCUT2D eigenvalue weighted by Gasteiger charge is 2.25. The average Bonchev–Trinajstić information content (AvgIpc) is 3.31. The first-order chi connectivity index (χ1) is 15.1. The molecule has 3 aromatic rings. The Morgan fingerprint density at radius 1 is 0.548 bits per heavy atom. The topological polar surface area (TPSA) is 90.6 Å². The number of hydrogen-bond donors (Lipinski definition) is 0. The number of aromatic nitrogens is 1. The monoisotopic (exact) mass is 431 g/mol. The van der Waals surface area contributed by atoms with Gasteiger partial charge in [0.25, 0.3) is 0 Å². The molecule has 0 fully saturated rings. The molecule has 0 spiro atoms. The van der Waals surface area contributed by atoms with Crippen LogP contribution in [-0.2, 0) is 0 Å². The van der Waals surface area contributed by atoms with Crippen LogP contribution in [0.3, 0.4) is 0 Å². The normalized spacial score (nSPS) is 10.4. The van der Waals surface area contributed by atoms with Crippen LogP contribution in [-0.4, -0.2) is 54.9 Å². The molecule has 0 aliphatic heterocycles. The lowest BCUT2D eigenvalue weighted by Gasteiger charge is -2.17. The summed E-state index contributed by atoms with van der Waals surface area (Å²) in [5.41, 5.74) is 1.82. The third-order valence-corrected chi connectivity index (χ3v) is 4.72. The lowest BCUT2D eigenvalue weighted by atomic mass is 10.1. The zero-order chi connectivity index (χ0) is 22.5. The molecule has 0 amide bonds. The molecule has 9 heteroatoms. The summed E-state index contributed by atoms with van der Waals surface area (Å²) < 4.78 is 43.8. The molecule has 3 rings (SSSR count). The average molecular weight is 431 g/mol. The van der Waals surface area contributed by atoms with Crippen LogP contribution in [0.1, 0.15) is 0 Å². The molecule has 0 radical (unpaired) electrons. The van der Waals surface area contributed by atoms with E-state index in [2.05, 4.69) is 5.16 Å². The standard InChI is InChI=1S/C22H25NO8/c1-24-16-8-12(9-17(25-2)20(16)28-5)15-11-14(23-31-15)13-10-18(26-3)21(29-6)22(30-7)19(13)27-4/h8-11H,1-7H3. The number of benzene rings is 2. The third-order valence-electron chi connectivity index (χ3n) is 4.72. The van der Waals surface area contributed by atoms with Crippen molar-refractivity contribution >= 4 is 0 Å². The molecular weight excluding hydrogens is 406 g/mol. The van der Waals surface area contributed by atoms with Crippen molar-refractivity contribution in [1.82, 2.24) is 5.16 Å². The van der Waals surface area contributed by atoms with Crippen molar-refractivity contribution in [3.05, 3.63) is 24.3 Å². The van der Waals surface area contributed by atoms with Crippen LogP contribution in [0.25, 0.3) is 22.6 Å². The zero-order valence-electron chi connectivity index (χ0n) is 18.5. The van der Waals surface area contributed by atoms with E-state index in [9.17, 15) is 0 Å². The lowest BCUT2D eigenvalue weighted by Crippen LogP contribution is -1.99. The fourth-order valence-electron chi connectivity index (χ4n) is 3.28. The van der Waals surface area contributed by atoms with E-state index in [1.807, 2.05) is 0 Å². The molecule has 0 aliphatic rings. The van der Waals surface area contributed by atoms with Gasteiger partial charge >= 0.3 is 0 Å². The Hall–Kier alpha value is -3.75. The van der Waals surface area contributed by atoms with Crippen molar-refractivity contribution in [1.29, 1.82) is 0 Å². The van der Waals surface area contributed by atoms with Crippen molar-refractivity contribution in [2.45, 2.75) is 0 Å². The van der Waals surface area contributed by atoms with Crippen molar-refractivity contribution in [3.63, 3.8) is 0 Å². The first kappa shape index (κ1) is 21.9. The molecule has 0 atom stereocenters. The zero-order valence-corrected chi connectivity index (χ0v) is 18.5. The highest BCUT2D eigenvalue weighted by Crippen LogP contribution is 2.50. The predicted molar refractivity (Wildman–Crippen MR) is 113 cm³/mol. The number of methoxy groups -OCH3 is 7. The minimum absolute atomic E-state index is 0.386. The molecule has 0 N–H and O–H groups in total. The van der Waals surface area contributed by atoms with Crippen LogP contribution in [0, 0.1) is 0 Å². The molecule has 9 nitrogen and oxygen atoms in total. The van der Waals surface area contributed by atoms with Gasteiger partial charge in [-0.25, -0.2) is 0 Å². The quantitative estimate of drug-likeness (QED) is 0.497. The van der Waals surface area contributed by atoms with Gasteiger partial charge < -0.3 is 37.7 Å². The summed E-state index contributed by atoms with van der Waals surface area (Å²) in [5.74, 6) is 3.68. The molecule has 0 bridgehead atoms. The van der Waals surface area contributed by atoms with Crippen LogP contribution < -0.4 is 33.2 Å². The fourth-order valence-corrected chi connectivity index (χ4v) is 3.28. The summed E-state index contributed by atoms with van der Waals surface area (Å²) in [7, 11) is 10.8. The second-order valence-electron chi connectivity index (χ2n) is 6.22. The van der Waals surface area contributed by atoms with E-state index >= 15 is 0 Å². The number of nitrogens with zero attached hydrogens (tertiary/aromatic N) is 1. The Bertz CT molecular complexity index is 1030. The largest absolute Gasteiger partial charge is 0.493 e. The van der Waals surface area contributed by atoms with E-state index in [0.717, 1.165) is 0 Å². The Morgan fingerprint density at radius 2 is 1.06 bits per heavy atom. The predicted octanol–water partition coefficient (Wildman–Crippen LogP) is 4.07. The van der Waals surface area contributed by atoms with Crippen molar-refractivity contribution in [3.8, 4) is 62.8 Å². The Morgan fingerprint density at radius 3 is 1.55 bits per heavy atom. The lowest BCUT2D eigenvalue weighted by molar-refractivity contribution is 0.306.